The van der Waals surface area contributed by atoms with E-state index in [1.165, 1.54) is 4.68 Å². The van der Waals surface area contributed by atoms with Gasteiger partial charge in [-0.15, -0.1) is 0 Å². The van der Waals surface area contributed by atoms with Gasteiger partial charge in [-0.2, -0.15) is 9.78 Å². The molecule has 0 unspecified atom stereocenters. The third-order valence-electron chi connectivity index (χ3n) is 6.83. The molecule has 3 heterocycles. The van der Waals surface area contributed by atoms with Crippen molar-refractivity contribution in [3.63, 3.8) is 0 Å². The SMILES string of the molecule is O=c1c2ccccc2nc(-c2cc3ccccc3o2)n1N=Cc1cn(Cc2ccccc2Cl)c2ccccc12. The molecule has 188 valence electrons. The summed E-state index contributed by atoms with van der Waals surface area (Å²) in [6.07, 6.45) is 3.73. The normalized spacial score (nSPS) is 11.8. The van der Waals surface area contributed by atoms with Gasteiger partial charge in [-0.05, 0) is 42.0 Å². The largest absolute Gasteiger partial charge is 0.453 e. The third kappa shape index (κ3) is 4.11. The van der Waals surface area contributed by atoms with E-state index >= 15 is 0 Å². The Labute approximate surface area is 228 Å². The predicted octanol–water partition coefficient (Wildman–Crippen LogP) is 7.35. The van der Waals surface area contributed by atoms with Crippen LogP contribution in [0.3, 0.4) is 0 Å². The lowest BCUT2D eigenvalue weighted by Gasteiger charge is -2.07. The number of furan rings is 1. The van der Waals surface area contributed by atoms with Gasteiger partial charge in [0.15, 0.2) is 5.76 Å². The van der Waals surface area contributed by atoms with E-state index in [1.807, 2.05) is 97.2 Å². The van der Waals surface area contributed by atoms with Crippen molar-refractivity contribution in [2.45, 2.75) is 6.54 Å². The number of hydrogen-bond donors (Lipinski definition) is 0. The topological polar surface area (TPSA) is 65.3 Å². The number of hydrogen-bond acceptors (Lipinski definition) is 4. The minimum atomic E-state index is -0.271. The van der Waals surface area contributed by atoms with E-state index in [0.717, 1.165) is 32.4 Å². The van der Waals surface area contributed by atoms with Gasteiger partial charge >= 0.3 is 0 Å². The van der Waals surface area contributed by atoms with Crippen molar-refractivity contribution in [2.75, 3.05) is 0 Å². The summed E-state index contributed by atoms with van der Waals surface area (Å²) in [4.78, 5) is 18.4. The van der Waals surface area contributed by atoms with Gasteiger partial charge in [0.25, 0.3) is 5.56 Å². The summed E-state index contributed by atoms with van der Waals surface area (Å²) < 4.78 is 9.55. The van der Waals surface area contributed by atoms with Crippen LogP contribution in [-0.4, -0.2) is 20.4 Å². The molecule has 0 amide bonds. The summed E-state index contributed by atoms with van der Waals surface area (Å²) in [5.74, 6) is 0.809. The van der Waals surface area contributed by atoms with Gasteiger partial charge in [0.2, 0.25) is 5.82 Å². The zero-order chi connectivity index (χ0) is 26.3. The summed E-state index contributed by atoms with van der Waals surface area (Å²) >= 11 is 6.45. The second kappa shape index (κ2) is 9.42. The summed E-state index contributed by atoms with van der Waals surface area (Å²) in [6, 6.07) is 32.8. The first-order valence-electron chi connectivity index (χ1n) is 12.5. The van der Waals surface area contributed by atoms with E-state index in [1.54, 1.807) is 12.3 Å². The maximum Gasteiger partial charge on any atom is 0.282 e. The second-order valence-electron chi connectivity index (χ2n) is 9.28. The smallest absolute Gasteiger partial charge is 0.282 e. The Morgan fingerprint density at radius 3 is 2.49 bits per heavy atom. The molecule has 0 spiro atoms. The highest BCUT2D eigenvalue weighted by atomic mass is 35.5. The molecule has 3 aromatic heterocycles. The molecule has 0 radical (unpaired) electrons. The Morgan fingerprint density at radius 2 is 1.62 bits per heavy atom. The average Bonchev–Trinajstić information content (AvgIpc) is 3.55. The predicted molar refractivity (Wildman–Crippen MR) is 157 cm³/mol. The fourth-order valence-corrected chi connectivity index (χ4v) is 5.12. The van der Waals surface area contributed by atoms with Crippen molar-refractivity contribution in [2.24, 2.45) is 5.10 Å². The first-order valence-corrected chi connectivity index (χ1v) is 12.9. The molecule has 39 heavy (non-hydrogen) atoms. The van der Waals surface area contributed by atoms with Crippen molar-refractivity contribution in [3.8, 4) is 11.6 Å². The standard InChI is InChI=1S/C32H21ClN4O2/c33-26-13-5-1-10-22(26)19-36-20-23(24-11-4-7-15-28(24)36)18-34-37-31(30-17-21-9-2-8-16-29(21)39-30)35-27-14-6-3-12-25(27)32(37)38/h1-18,20H,19H2. The van der Waals surface area contributed by atoms with Gasteiger partial charge in [-0.25, -0.2) is 4.98 Å². The van der Waals surface area contributed by atoms with Crippen LogP contribution in [0, 0.1) is 0 Å². The van der Waals surface area contributed by atoms with E-state index in [2.05, 4.69) is 15.7 Å². The molecule has 0 N–H and O–H groups in total. The van der Waals surface area contributed by atoms with Gasteiger partial charge < -0.3 is 8.98 Å². The lowest BCUT2D eigenvalue weighted by molar-refractivity contribution is 0.616. The first-order chi connectivity index (χ1) is 19.2. The van der Waals surface area contributed by atoms with E-state index in [-0.39, 0.29) is 5.56 Å². The quantitative estimate of drug-likeness (QED) is 0.219. The molecule has 0 fully saturated rings. The Morgan fingerprint density at radius 1 is 0.872 bits per heavy atom. The van der Waals surface area contributed by atoms with Crippen LogP contribution in [0.1, 0.15) is 11.1 Å². The molecule has 0 aliphatic rings. The van der Waals surface area contributed by atoms with Crippen molar-refractivity contribution in [1.29, 1.82) is 0 Å². The van der Waals surface area contributed by atoms with Gasteiger partial charge in [-0.3, -0.25) is 4.79 Å². The van der Waals surface area contributed by atoms with E-state index < -0.39 is 0 Å². The maximum atomic E-state index is 13.7. The molecule has 7 heteroatoms. The van der Waals surface area contributed by atoms with Crippen LogP contribution in [-0.2, 0) is 6.54 Å². The zero-order valence-electron chi connectivity index (χ0n) is 20.7. The number of fused-ring (bicyclic) bond motifs is 3. The van der Waals surface area contributed by atoms with Crippen LogP contribution < -0.4 is 5.56 Å². The highest BCUT2D eigenvalue weighted by Gasteiger charge is 2.17. The Kier molecular flexibility index (Phi) is 5.60. The van der Waals surface area contributed by atoms with Crippen LogP contribution in [0.4, 0.5) is 0 Å². The Hall–Kier alpha value is -4.94. The monoisotopic (exact) mass is 528 g/mol. The van der Waals surface area contributed by atoms with E-state index in [9.17, 15) is 4.79 Å². The Balaban J connectivity index is 1.38. The number of nitrogens with zero attached hydrogens (tertiary/aromatic N) is 4. The summed E-state index contributed by atoms with van der Waals surface area (Å²) in [5.41, 5.74) is 3.96. The minimum absolute atomic E-state index is 0.271. The van der Waals surface area contributed by atoms with Crippen molar-refractivity contribution in [1.82, 2.24) is 14.2 Å². The van der Waals surface area contributed by atoms with Gasteiger partial charge in [0, 0.05) is 39.6 Å². The number of rotatable bonds is 5. The van der Waals surface area contributed by atoms with Gasteiger partial charge in [-0.1, -0.05) is 78.3 Å². The lowest BCUT2D eigenvalue weighted by Crippen LogP contribution is -2.20. The molecule has 6 nitrogen and oxygen atoms in total. The molecule has 7 aromatic rings. The molecule has 0 atom stereocenters. The number of benzene rings is 4. The zero-order valence-corrected chi connectivity index (χ0v) is 21.4. The highest BCUT2D eigenvalue weighted by molar-refractivity contribution is 6.31. The molecular weight excluding hydrogens is 508 g/mol. The number of halogens is 1. The maximum absolute atomic E-state index is 13.7. The van der Waals surface area contributed by atoms with Crippen LogP contribution in [0.5, 0.6) is 0 Å². The van der Waals surface area contributed by atoms with Crippen molar-refractivity contribution < 1.29 is 4.42 Å². The fraction of sp³-hybridized carbons (Fsp3) is 0.0312. The van der Waals surface area contributed by atoms with E-state index in [4.69, 9.17) is 21.0 Å². The molecule has 0 bridgehead atoms. The first kappa shape index (κ1) is 23.2. The average molecular weight is 529 g/mol. The second-order valence-corrected chi connectivity index (χ2v) is 9.69. The molecule has 0 saturated heterocycles. The van der Waals surface area contributed by atoms with Crippen LogP contribution in [0.2, 0.25) is 5.02 Å². The van der Waals surface area contributed by atoms with Crippen LogP contribution in [0.25, 0.3) is 44.4 Å². The third-order valence-corrected chi connectivity index (χ3v) is 7.20. The van der Waals surface area contributed by atoms with Crippen LogP contribution >= 0.6 is 11.6 Å². The molecule has 0 aliphatic heterocycles. The minimum Gasteiger partial charge on any atom is -0.453 e. The van der Waals surface area contributed by atoms with Crippen molar-refractivity contribution in [3.05, 3.63) is 136 Å². The van der Waals surface area contributed by atoms with Crippen molar-refractivity contribution >= 4 is 50.6 Å². The van der Waals surface area contributed by atoms with Crippen LogP contribution in [0.15, 0.2) is 124 Å². The Bertz CT molecular complexity index is 2070. The summed E-state index contributed by atoms with van der Waals surface area (Å²) in [5, 5.41) is 7.82. The van der Waals surface area contributed by atoms with Gasteiger partial charge in [0.05, 0.1) is 17.1 Å². The number of para-hydroxylation sites is 3. The summed E-state index contributed by atoms with van der Waals surface area (Å²) in [6.45, 7) is 0.607. The fourth-order valence-electron chi connectivity index (χ4n) is 4.92. The molecule has 0 saturated carbocycles. The lowest BCUT2D eigenvalue weighted by atomic mass is 10.2. The molecule has 0 aliphatic carbocycles. The van der Waals surface area contributed by atoms with E-state index in [0.29, 0.717) is 34.6 Å². The molecule has 7 rings (SSSR count). The van der Waals surface area contributed by atoms with Gasteiger partial charge in [0.1, 0.15) is 5.58 Å². The molecular formula is C32H21ClN4O2. The number of aromatic nitrogens is 3. The molecule has 4 aromatic carbocycles. The highest BCUT2D eigenvalue weighted by Crippen LogP contribution is 2.28. The summed E-state index contributed by atoms with van der Waals surface area (Å²) in [7, 11) is 0.